The van der Waals surface area contributed by atoms with Crippen molar-refractivity contribution in [3.05, 3.63) is 0 Å². The van der Waals surface area contributed by atoms with Gasteiger partial charge in [-0.1, -0.05) is 35.2 Å². The maximum atomic E-state index is 11.9. The number of halogens is 1. The van der Waals surface area contributed by atoms with Crippen LogP contribution in [-0.2, 0) is 4.79 Å². The van der Waals surface area contributed by atoms with Gasteiger partial charge in [0, 0.05) is 10.9 Å². The first-order valence-corrected chi connectivity index (χ1v) is 6.49. The molecular formula is C11H18BrNO. The van der Waals surface area contributed by atoms with Crippen LogP contribution >= 0.6 is 15.9 Å². The molecule has 80 valence electrons. The zero-order valence-electron chi connectivity index (χ0n) is 8.68. The van der Waals surface area contributed by atoms with Crippen molar-refractivity contribution in [2.24, 2.45) is 5.41 Å². The van der Waals surface area contributed by atoms with Crippen LogP contribution < -0.4 is 5.32 Å². The third kappa shape index (κ3) is 1.97. The van der Waals surface area contributed by atoms with Gasteiger partial charge in [0.1, 0.15) is 0 Å². The molecule has 0 spiro atoms. The van der Waals surface area contributed by atoms with E-state index >= 15 is 0 Å². The molecule has 1 N–H and O–H groups in total. The first kappa shape index (κ1) is 10.5. The Hall–Kier alpha value is -0.0500. The quantitative estimate of drug-likeness (QED) is 0.760. The normalized spacial score (nSPS) is 38.0. The van der Waals surface area contributed by atoms with Gasteiger partial charge in [-0.15, -0.1) is 0 Å². The summed E-state index contributed by atoms with van der Waals surface area (Å²) in [6, 6.07) is 0.452. The van der Waals surface area contributed by atoms with Crippen molar-refractivity contribution in [1.82, 2.24) is 5.32 Å². The van der Waals surface area contributed by atoms with Crippen molar-refractivity contribution >= 4 is 21.8 Å². The fourth-order valence-electron chi connectivity index (χ4n) is 2.15. The summed E-state index contributed by atoms with van der Waals surface area (Å²) in [7, 11) is 0. The van der Waals surface area contributed by atoms with E-state index in [9.17, 15) is 4.79 Å². The molecule has 0 aliphatic heterocycles. The number of nitrogens with one attached hydrogen (secondary N) is 1. The minimum Gasteiger partial charge on any atom is -0.353 e. The van der Waals surface area contributed by atoms with Gasteiger partial charge in [0.05, 0.1) is 5.41 Å². The minimum atomic E-state index is -0.114. The summed E-state index contributed by atoms with van der Waals surface area (Å²) in [5, 5.41) is 3.18. The molecule has 2 aliphatic rings. The number of alkyl halides is 1. The summed E-state index contributed by atoms with van der Waals surface area (Å²) in [6.45, 7) is 2.05. The fourth-order valence-corrected chi connectivity index (χ4v) is 3.03. The van der Waals surface area contributed by atoms with E-state index in [0.29, 0.717) is 10.9 Å². The number of carbonyl (C=O) groups excluding carboxylic acids is 1. The molecule has 2 atom stereocenters. The monoisotopic (exact) mass is 259 g/mol. The summed E-state index contributed by atoms with van der Waals surface area (Å²) in [6.07, 6.45) is 7.23. The van der Waals surface area contributed by atoms with Crippen molar-refractivity contribution in [3.63, 3.8) is 0 Å². The number of hydrogen-bond donors (Lipinski definition) is 1. The van der Waals surface area contributed by atoms with Gasteiger partial charge in [-0.25, -0.2) is 0 Å². The Kier molecular flexibility index (Phi) is 2.87. The molecule has 0 aromatic carbocycles. The van der Waals surface area contributed by atoms with Gasteiger partial charge in [-0.2, -0.15) is 0 Å². The third-order valence-electron chi connectivity index (χ3n) is 3.59. The lowest BCUT2D eigenvalue weighted by Crippen LogP contribution is -2.40. The average Bonchev–Trinajstić information content (AvgIpc) is 2.78. The topological polar surface area (TPSA) is 29.1 Å². The molecule has 0 bridgehead atoms. The molecule has 0 heterocycles. The molecule has 2 aliphatic carbocycles. The van der Waals surface area contributed by atoms with E-state index in [1.54, 1.807) is 0 Å². The van der Waals surface area contributed by atoms with Gasteiger partial charge in [0.2, 0.25) is 5.91 Å². The van der Waals surface area contributed by atoms with Crippen LogP contribution in [-0.4, -0.2) is 16.8 Å². The second-order valence-electron chi connectivity index (χ2n) is 4.90. The third-order valence-corrected chi connectivity index (χ3v) is 4.93. The Bertz CT molecular complexity index is 237. The number of hydrogen-bond acceptors (Lipinski definition) is 1. The van der Waals surface area contributed by atoms with Crippen molar-refractivity contribution in [1.29, 1.82) is 0 Å². The first-order chi connectivity index (χ1) is 6.63. The van der Waals surface area contributed by atoms with E-state index in [4.69, 9.17) is 0 Å². The molecule has 0 radical (unpaired) electrons. The van der Waals surface area contributed by atoms with E-state index in [-0.39, 0.29) is 11.3 Å². The minimum absolute atomic E-state index is 0.114. The summed E-state index contributed by atoms with van der Waals surface area (Å²) in [5.41, 5.74) is -0.114. The van der Waals surface area contributed by atoms with Crippen molar-refractivity contribution in [2.75, 3.05) is 0 Å². The predicted octanol–water partition coefficient (Wildman–Crippen LogP) is 2.61. The predicted molar refractivity (Wildman–Crippen MR) is 60.5 cm³/mol. The standard InChI is InChI=1S/C11H18BrNO/c1-11(7-9(11)12)10(14)13-8-5-3-2-4-6-8/h8-9H,2-7H2,1H3,(H,13,14)/t9-,11-/m1/s1. The van der Waals surface area contributed by atoms with E-state index < -0.39 is 0 Å². The van der Waals surface area contributed by atoms with Gasteiger partial charge in [-0.05, 0) is 26.2 Å². The Morgan fingerprint density at radius 1 is 1.36 bits per heavy atom. The van der Waals surface area contributed by atoms with Crippen LogP contribution in [0.4, 0.5) is 0 Å². The molecule has 3 heteroatoms. The Morgan fingerprint density at radius 2 is 1.93 bits per heavy atom. The SMILES string of the molecule is C[C@@]1(C(=O)NC2CCCCC2)C[C@H]1Br. The van der Waals surface area contributed by atoms with Crippen LogP contribution in [0.1, 0.15) is 45.4 Å². The Labute approximate surface area is 94.0 Å². The van der Waals surface area contributed by atoms with Crippen molar-refractivity contribution in [2.45, 2.75) is 56.3 Å². The summed E-state index contributed by atoms with van der Waals surface area (Å²) >= 11 is 3.51. The highest BCUT2D eigenvalue weighted by atomic mass is 79.9. The zero-order chi connectivity index (χ0) is 10.2. The molecule has 0 unspecified atom stereocenters. The highest BCUT2D eigenvalue weighted by molar-refractivity contribution is 9.09. The van der Waals surface area contributed by atoms with Crippen LogP contribution in [0.3, 0.4) is 0 Å². The molecule has 0 aromatic rings. The van der Waals surface area contributed by atoms with E-state index in [1.807, 2.05) is 6.92 Å². The molecule has 2 nitrogen and oxygen atoms in total. The van der Waals surface area contributed by atoms with Gasteiger partial charge < -0.3 is 5.32 Å². The molecule has 14 heavy (non-hydrogen) atoms. The Morgan fingerprint density at radius 3 is 2.43 bits per heavy atom. The van der Waals surface area contributed by atoms with E-state index in [0.717, 1.165) is 6.42 Å². The van der Waals surface area contributed by atoms with Gasteiger partial charge in [0.25, 0.3) is 0 Å². The lowest BCUT2D eigenvalue weighted by molar-refractivity contribution is -0.126. The Balaban J connectivity index is 1.82. The van der Waals surface area contributed by atoms with Crippen molar-refractivity contribution < 1.29 is 4.79 Å². The lowest BCUT2D eigenvalue weighted by atomic mass is 9.95. The number of rotatable bonds is 2. The van der Waals surface area contributed by atoms with Crippen LogP contribution in [0, 0.1) is 5.41 Å². The molecule has 2 fully saturated rings. The molecule has 1 amide bonds. The average molecular weight is 260 g/mol. The molecule has 0 saturated heterocycles. The maximum Gasteiger partial charge on any atom is 0.227 e. The molecule has 2 rings (SSSR count). The second-order valence-corrected chi connectivity index (χ2v) is 6.00. The molecule has 0 aromatic heterocycles. The van der Waals surface area contributed by atoms with E-state index in [1.165, 1.54) is 32.1 Å². The largest absolute Gasteiger partial charge is 0.353 e. The lowest BCUT2D eigenvalue weighted by Gasteiger charge is -2.24. The van der Waals surface area contributed by atoms with E-state index in [2.05, 4.69) is 21.2 Å². The summed E-state index contributed by atoms with van der Waals surface area (Å²) < 4.78 is 0. The highest BCUT2D eigenvalue weighted by Gasteiger charge is 2.54. The number of carbonyl (C=O) groups is 1. The second kappa shape index (κ2) is 3.84. The molecule has 2 saturated carbocycles. The summed E-state index contributed by atoms with van der Waals surface area (Å²) in [4.78, 5) is 12.3. The summed E-state index contributed by atoms with van der Waals surface area (Å²) in [5.74, 6) is 0.256. The molecular weight excluding hydrogens is 242 g/mol. The van der Waals surface area contributed by atoms with Crippen LogP contribution in [0.25, 0.3) is 0 Å². The first-order valence-electron chi connectivity index (χ1n) is 5.58. The smallest absolute Gasteiger partial charge is 0.227 e. The van der Waals surface area contributed by atoms with Gasteiger partial charge >= 0.3 is 0 Å². The highest BCUT2D eigenvalue weighted by Crippen LogP contribution is 2.51. The maximum absolute atomic E-state index is 11.9. The zero-order valence-corrected chi connectivity index (χ0v) is 10.3. The van der Waals surface area contributed by atoms with Crippen LogP contribution in [0.2, 0.25) is 0 Å². The van der Waals surface area contributed by atoms with Gasteiger partial charge in [0.15, 0.2) is 0 Å². The van der Waals surface area contributed by atoms with Crippen LogP contribution in [0.5, 0.6) is 0 Å². The van der Waals surface area contributed by atoms with Crippen molar-refractivity contribution in [3.8, 4) is 0 Å². The number of amides is 1. The van der Waals surface area contributed by atoms with Gasteiger partial charge in [-0.3, -0.25) is 4.79 Å². The van der Waals surface area contributed by atoms with Crippen LogP contribution in [0.15, 0.2) is 0 Å². The fraction of sp³-hybridized carbons (Fsp3) is 0.909.